The Bertz CT molecular complexity index is 874. The molecule has 0 N–H and O–H groups in total. The van der Waals surface area contributed by atoms with Gasteiger partial charge in [-0.3, -0.25) is 9.36 Å². The van der Waals surface area contributed by atoms with Crippen LogP contribution in [0.25, 0.3) is 0 Å². The van der Waals surface area contributed by atoms with Gasteiger partial charge in [-0.15, -0.1) is 0 Å². The lowest BCUT2D eigenvalue weighted by Gasteiger charge is -2.17. The molecule has 1 aromatic heterocycles. The topological polar surface area (TPSA) is 69.0 Å². The number of hydrogen-bond donors (Lipinski definition) is 0. The van der Waals surface area contributed by atoms with E-state index in [1.807, 2.05) is 20.8 Å². The zero-order chi connectivity index (χ0) is 18.1. The second-order valence-corrected chi connectivity index (χ2v) is 9.73. The molecule has 2 aromatic rings. The third-order valence-corrected chi connectivity index (χ3v) is 6.04. The maximum atomic E-state index is 12.2. The van der Waals surface area contributed by atoms with E-state index in [1.165, 1.54) is 4.57 Å². The molecule has 0 atom stereocenters. The zero-order valence-electron chi connectivity index (χ0n) is 14.8. The Kier molecular flexibility index (Phi) is 4.99. The summed E-state index contributed by atoms with van der Waals surface area (Å²) in [6.07, 6.45) is 1.54. The van der Waals surface area contributed by atoms with Crippen LogP contribution in [0.2, 0.25) is 0 Å². The number of aromatic nitrogens is 2. The van der Waals surface area contributed by atoms with Gasteiger partial charge < -0.3 is 0 Å². The lowest BCUT2D eigenvalue weighted by atomic mass is 9.92. The van der Waals surface area contributed by atoms with Gasteiger partial charge in [0.2, 0.25) is 0 Å². The van der Waals surface area contributed by atoms with Crippen LogP contribution in [0.4, 0.5) is 0 Å². The number of benzene rings is 1. The predicted molar refractivity (Wildman–Crippen MR) is 95.1 cm³/mol. The maximum Gasteiger partial charge on any atom is 0.253 e. The number of nitrogens with zero attached hydrogens (tertiary/aromatic N) is 2. The first-order valence-corrected chi connectivity index (χ1v) is 9.46. The fourth-order valence-electron chi connectivity index (χ4n) is 2.21. The number of rotatable bonds is 4. The van der Waals surface area contributed by atoms with E-state index in [9.17, 15) is 13.2 Å². The molecule has 5 nitrogen and oxygen atoms in total. The molecule has 0 radical (unpaired) electrons. The van der Waals surface area contributed by atoms with Crippen molar-refractivity contribution in [1.82, 2.24) is 9.55 Å². The van der Waals surface area contributed by atoms with Crippen LogP contribution in [0.5, 0.6) is 0 Å². The summed E-state index contributed by atoms with van der Waals surface area (Å²) in [6, 6.07) is 8.20. The van der Waals surface area contributed by atoms with Crippen molar-refractivity contribution < 1.29 is 8.42 Å². The van der Waals surface area contributed by atoms with Gasteiger partial charge in [-0.25, -0.2) is 13.4 Å². The first kappa shape index (κ1) is 18.4. The fourth-order valence-corrected chi connectivity index (χ4v) is 3.27. The van der Waals surface area contributed by atoms with Crippen LogP contribution < -0.4 is 5.56 Å². The second kappa shape index (κ2) is 6.51. The number of sulfone groups is 1. The minimum Gasteiger partial charge on any atom is -0.295 e. The van der Waals surface area contributed by atoms with Crippen LogP contribution in [0, 0.1) is 0 Å². The van der Waals surface area contributed by atoms with Crippen LogP contribution >= 0.6 is 0 Å². The van der Waals surface area contributed by atoms with Gasteiger partial charge in [-0.1, -0.05) is 32.9 Å². The van der Waals surface area contributed by atoms with Crippen LogP contribution in [-0.4, -0.2) is 23.2 Å². The molecule has 1 heterocycles. The van der Waals surface area contributed by atoms with Crippen molar-refractivity contribution in [1.29, 1.82) is 0 Å². The molecule has 1 aromatic carbocycles. The highest BCUT2D eigenvalue weighted by atomic mass is 32.2. The smallest absolute Gasteiger partial charge is 0.253 e. The third-order valence-electron chi connectivity index (χ3n) is 3.87. The molecule has 0 spiro atoms. The van der Waals surface area contributed by atoms with E-state index in [-0.39, 0.29) is 11.0 Å². The van der Waals surface area contributed by atoms with Crippen molar-refractivity contribution in [2.75, 3.05) is 0 Å². The van der Waals surface area contributed by atoms with Gasteiger partial charge in [0.05, 0.1) is 28.7 Å². The fraction of sp³-hybridized carbons (Fsp3) is 0.444. The van der Waals surface area contributed by atoms with Crippen LogP contribution in [0.3, 0.4) is 0 Å². The van der Waals surface area contributed by atoms with Crippen molar-refractivity contribution in [3.63, 3.8) is 0 Å². The van der Waals surface area contributed by atoms with E-state index < -0.39 is 15.1 Å². The summed E-state index contributed by atoms with van der Waals surface area (Å²) < 4.78 is 25.8. The summed E-state index contributed by atoms with van der Waals surface area (Å²) in [6.45, 7) is 9.70. The normalized spacial score (nSPS) is 12.6. The molecule has 6 heteroatoms. The van der Waals surface area contributed by atoms with Crippen molar-refractivity contribution in [3.8, 4) is 0 Å². The molecule has 0 saturated carbocycles. The van der Waals surface area contributed by atoms with Crippen LogP contribution in [-0.2, 0) is 21.8 Å². The lowest BCUT2D eigenvalue weighted by Crippen LogP contribution is -2.25. The maximum absolute atomic E-state index is 12.2. The summed E-state index contributed by atoms with van der Waals surface area (Å²) in [5.74, 6) is 0. The molecule has 0 unspecified atom stereocenters. The Morgan fingerprint density at radius 3 is 2.17 bits per heavy atom. The van der Waals surface area contributed by atoms with Crippen molar-refractivity contribution in [2.24, 2.45) is 0 Å². The van der Waals surface area contributed by atoms with E-state index in [2.05, 4.69) is 4.98 Å². The van der Waals surface area contributed by atoms with Crippen LogP contribution in [0.15, 0.2) is 46.3 Å². The predicted octanol–water partition coefficient (Wildman–Crippen LogP) is 2.77. The van der Waals surface area contributed by atoms with Gasteiger partial charge in [0.1, 0.15) is 0 Å². The SMILES string of the molecule is CC(C)S(=O)(=O)c1ccc(Cn2cnc(C(C)(C)C)cc2=O)cc1. The average Bonchev–Trinajstić information content (AvgIpc) is 2.48. The van der Waals surface area contributed by atoms with E-state index in [1.54, 1.807) is 50.5 Å². The van der Waals surface area contributed by atoms with Gasteiger partial charge in [-0.2, -0.15) is 0 Å². The molecule has 0 bridgehead atoms. The highest BCUT2D eigenvalue weighted by molar-refractivity contribution is 7.92. The van der Waals surface area contributed by atoms with Gasteiger partial charge in [-0.05, 0) is 31.5 Å². The van der Waals surface area contributed by atoms with Crippen LogP contribution in [0.1, 0.15) is 45.9 Å². The molecule has 0 aliphatic carbocycles. The largest absolute Gasteiger partial charge is 0.295 e. The Hall–Kier alpha value is -1.95. The molecule has 0 saturated heterocycles. The summed E-state index contributed by atoms with van der Waals surface area (Å²) >= 11 is 0. The Morgan fingerprint density at radius 1 is 1.12 bits per heavy atom. The van der Waals surface area contributed by atoms with Gasteiger partial charge >= 0.3 is 0 Å². The molecule has 2 rings (SSSR count). The molecular formula is C18H24N2O3S. The van der Waals surface area contributed by atoms with Crippen molar-refractivity contribution >= 4 is 9.84 Å². The molecule has 24 heavy (non-hydrogen) atoms. The second-order valence-electron chi connectivity index (χ2n) is 7.23. The molecule has 0 amide bonds. The summed E-state index contributed by atoms with van der Waals surface area (Å²) in [7, 11) is -3.28. The molecule has 130 valence electrons. The Morgan fingerprint density at radius 2 is 1.71 bits per heavy atom. The summed E-state index contributed by atoms with van der Waals surface area (Å²) in [4.78, 5) is 16.9. The first-order chi connectivity index (χ1) is 11.0. The number of hydrogen-bond acceptors (Lipinski definition) is 4. The summed E-state index contributed by atoms with van der Waals surface area (Å²) in [5, 5.41) is -0.458. The van der Waals surface area contributed by atoms with E-state index in [0.717, 1.165) is 11.3 Å². The lowest BCUT2D eigenvalue weighted by molar-refractivity contribution is 0.557. The monoisotopic (exact) mass is 348 g/mol. The zero-order valence-corrected chi connectivity index (χ0v) is 15.6. The first-order valence-electron chi connectivity index (χ1n) is 7.91. The molecular weight excluding hydrogens is 324 g/mol. The van der Waals surface area contributed by atoms with Crippen molar-refractivity contribution in [2.45, 2.75) is 56.7 Å². The standard InChI is InChI=1S/C18H24N2O3S/c1-13(2)24(22,23)15-8-6-14(7-9-15)11-20-12-19-16(10-17(20)21)18(3,4)5/h6-10,12-13H,11H2,1-5H3. The van der Waals surface area contributed by atoms with E-state index >= 15 is 0 Å². The highest BCUT2D eigenvalue weighted by Gasteiger charge is 2.19. The Balaban J connectivity index is 2.25. The molecule has 0 fully saturated rings. The van der Waals surface area contributed by atoms with E-state index in [4.69, 9.17) is 0 Å². The molecule has 0 aliphatic heterocycles. The highest BCUT2D eigenvalue weighted by Crippen LogP contribution is 2.18. The quantitative estimate of drug-likeness (QED) is 0.852. The van der Waals surface area contributed by atoms with Gasteiger partial charge in [0.15, 0.2) is 9.84 Å². The van der Waals surface area contributed by atoms with Gasteiger partial charge in [0, 0.05) is 11.5 Å². The minimum atomic E-state index is -3.28. The summed E-state index contributed by atoms with van der Waals surface area (Å²) in [5.41, 5.74) is 1.31. The molecule has 0 aliphatic rings. The van der Waals surface area contributed by atoms with E-state index in [0.29, 0.717) is 11.4 Å². The third kappa shape index (κ3) is 3.93. The average molecular weight is 348 g/mol. The van der Waals surface area contributed by atoms with Crippen molar-refractivity contribution in [3.05, 3.63) is 58.3 Å². The Labute approximate surface area is 143 Å². The van der Waals surface area contributed by atoms with Gasteiger partial charge in [0.25, 0.3) is 5.56 Å². The minimum absolute atomic E-state index is 0.117.